The first kappa shape index (κ1) is 32.0. The number of hydrogen-bond donors (Lipinski definition) is 2. The van der Waals surface area contributed by atoms with Gasteiger partial charge in [0.2, 0.25) is 0 Å². The fourth-order valence-corrected chi connectivity index (χ4v) is 5.06. The van der Waals surface area contributed by atoms with Gasteiger partial charge in [0.1, 0.15) is 0 Å². The Morgan fingerprint density at radius 2 is 1.61 bits per heavy atom. The van der Waals surface area contributed by atoms with E-state index in [1.165, 1.54) is 32.1 Å². The second-order valence-corrected chi connectivity index (χ2v) is 7.51. The monoisotopic (exact) mass is 624 g/mol. The van der Waals surface area contributed by atoms with Crippen LogP contribution in [0, 0.1) is 23.2 Å². The van der Waals surface area contributed by atoms with Crippen LogP contribution in [0.15, 0.2) is 0 Å². The van der Waals surface area contributed by atoms with Crippen LogP contribution in [0.5, 0.6) is 0 Å². The summed E-state index contributed by atoms with van der Waals surface area (Å²) >= 11 is 0. The van der Waals surface area contributed by atoms with E-state index in [4.69, 9.17) is 0 Å². The molecule has 0 amide bonds. The molecule has 0 aliphatic heterocycles. The van der Waals surface area contributed by atoms with Gasteiger partial charge in [0.25, 0.3) is 0 Å². The summed E-state index contributed by atoms with van der Waals surface area (Å²) in [5.74, 6) is 2.06. The van der Waals surface area contributed by atoms with Crippen LogP contribution in [0.3, 0.4) is 0 Å². The Bertz CT molecular complexity index is 304. The molecule has 2 N–H and O–H groups in total. The van der Waals surface area contributed by atoms with E-state index in [9.17, 15) is 10.2 Å². The van der Waals surface area contributed by atoms with Crippen molar-refractivity contribution in [2.45, 2.75) is 84.3 Å². The predicted octanol–water partition coefficient (Wildman–Crippen LogP) is 3.74. The number of hydrogen-bond acceptors (Lipinski definition) is 2. The molecule has 2 rings (SSSR count). The Morgan fingerprint density at radius 1 is 1.00 bits per heavy atom. The van der Waals surface area contributed by atoms with Crippen LogP contribution in [0.1, 0.15) is 72.1 Å². The topological polar surface area (TPSA) is 40.5 Å². The SMILES string of the molecule is CC(O)CCC[C@@H](C)C1CC[C@H]2C(O)CCC[C@]12C.[Y].[Y].[Y].[Y]. The van der Waals surface area contributed by atoms with Crippen LogP contribution >= 0.6 is 0 Å². The normalized spacial score (nSPS) is 34.6. The average Bonchev–Trinajstić information content (AvgIpc) is 2.67. The molecule has 0 aromatic carbocycles. The first-order chi connectivity index (χ1) is 8.95. The molecule has 6 atom stereocenters. The average molecular weight is 624 g/mol. The van der Waals surface area contributed by atoms with Crippen LogP contribution in [0.4, 0.5) is 0 Å². The summed E-state index contributed by atoms with van der Waals surface area (Å²) < 4.78 is 0. The van der Waals surface area contributed by atoms with E-state index in [1.54, 1.807) is 0 Å². The maximum absolute atomic E-state index is 10.3. The van der Waals surface area contributed by atoms with Crippen molar-refractivity contribution in [3.63, 3.8) is 0 Å². The maximum atomic E-state index is 10.3. The van der Waals surface area contributed by atoms with Gasteiger partial charge in [0.15, 0.2) is 0 Å². The Morgan fingerprint density at radius 3 is 2.17 bits per heavy atom. The summed E-state index contributed by atoms with van der Waals surface area (Å²) in [6, 6.07) is 0. The maximum Gasteiger partial charge on any atom is 0.0573 e. The van der Waals surface area contributed by atoms with Crippen molar-refractivity contribution in [2.24, 2.45) is 23.2 Å². The van der Waals surface area contributed by atoms with Gasteiger partial charge in [0, 0.05) is 131 Å². The quantitative estimate of drug-likeness (QED) is 0.490. The van der Waals surface area contributed by atoms with Crippen LogP contribution in [0.25, 0.3) is 0 Å². The van der Waals surface area contributed by atoms with Gasteiger partial charge in [-0.15, -0.1) is 0 Å². The molecular formula is C17H32O2Y4. The van der Waals surface area contributed by atoms with Gasteiger partial charge in [0.05, 0.1) is 12.2 Å². The van der Waals surface area contributed by atoms with Gasteiger partial charge >= 0.3 is 0 Å². The minimum atomic E-state index is -0.157. The Kier molecular flexibility index (Phi) is 21.2. The second kappa shape index (κ2) is 15.2. The summed E-state index contributed by atoms with van der Waals surface area (Å²) in [4.78, 5) is 0. The van der Waals surface area contributed by atoms with Gasteiger partial charge in [-0.3, -0.25) is 0 Å². The van der Waals surface area contributed by atoms with Gasteiger partial charge in [-0.1, -0.05) is 33.1 Å². The zero-order valence-corrected chi connectivity index (χ0v) is 26.6. The van der Waals surface area contributed by atoms with E-state index in [0.717, 1.165) is 31.1 Å². The van der Waals surface area contributed by atoms with Gasteiger partial charge in [-0.2, -0.15) is 0 Å². The summed E-state index contributed by atoms with van der Waals surface area (Å²) in [6.45, 7) is 6.71. The molecule has 0 bridgehead atoms. The van der Waals surface area contributed by atoms with Crippen molar-refractivity contribution < 1.29 is 141 Å². The second-order valence-electron chi connectivity index (χ2n) is 7.51. The standard InChI is InChI=1S/C17H32O2.4Y/c1-12(6-4-7-13(2)18)14-9-10-15-16(19)8-5-11-17(14,15)3;;;;/h12-16,18-19H,4-11H2,1-3H3;;;;/t12-,13?,14?,15+,16?,17-;;;;/m1..../s1. The largest absolute Gasteiger partial charge is 0.393 e. The molecule has 0 aromatic rings. The molecule has 2 aliphatic rings. The Labute approximate surface area is 244 Å². The molecule has 0 saturated heterocycles. The Hall–Kier alpha value is 4.34. The van der Waals surface area contributed by atoms with Crippen LogP contribution in [-0.2, 0) is 131 Å². The van der Waals surface area contributed by atoms with Crippen molar-refractivity contribution in [1.82, 2.24) is 0 Å². The smallest absolute Gasteiger partial charge is 0.0573 e. The number of fused-ring (bicyclic) bond motifs is 1. The summed E-state index contributed by atoms with van der Waals surface area (Å²) in [5.41, 5.74) is 0.377. The molecule has 0 heterocycles. The third-order valence-electron chi connectivity index (χ3n) is 6.13. The van der Waals surface area contributed by atoms with E-state index >= 15 is 0 Å². The van der Waals surface area contributed by atoms with E-state index in [1.807, 2.05) is 6.92 Å². The molecule has 2 saturated carbocycles. The van der Waals surface area contributed by atoms with E-state index in [2.05, 4.69) is 13.8 Å². The van der Waals surface area contributed by atoms with Crippen molar-refractivity contribution in [3.8, 4) is 0 Å². The van der Waals surface area contributed by atoms with Crippen LogP contribution < -0.4 is 0 Å². The molecule has 4 radical (unpaired) electrons. The molecule has 2 nitrogen and oxygen atoms in total. The zero-order chi connectivity index (χ0) is 14.0. The zero-order valence-electron chi connectivity index (χ0n) is 15.2. The third kappa shape index (κ3) is 8.70. The van der Waals surface area contributed by atoms with Crippen LogP contribution in [-0.4, -0.2) is 22.4 Å². The molecule has 0 aromatic heterocycles. The van der Waals surface area contributed by atoms with E-state index in [0.29, 0.717) is 11.3 Å². The molecule has 3 unspecified atom stereocenters. The molecule has 124 valence electrons. The van der Waals surface area contributed by atoms with Crippen molar-refractivity contribution in [1.29, 1.82) is 0 Å². The number of aliphatic hydroxyl groups excluding tert-OH is 2. The first-order valence-electron chi connectivity index (χ1n) is 8.31. The molecule has 2 fully saturated rings. The van der Waals surface area contributed by atoms with Gasteiger partial charge in [-0.25, -0.2) is 0 Å². The number of aliphatic hydroxyl groups is 2. The summed E-state index contributed by atoms with van der Waals surface area (Å²) in [7, 11) is 0. The Balaban J connectivity index is -0.000001000. The molecule has 23 heavy (non-hydrogen) atoms. The summed E-state index contributed by atoms with van der Waals surface area (Å²) in [5, 5.41) is 19.6. The van der Waals surface area contributed by atoms with Gasteiger partial charge in [-0.05, 0) is 62.2 Å². The number of rotatable bonds is 5. The van der Waals surface area contributed by atoms with E-state index in [-0.39, 0.29) is 143 Å². The fraction of sp³-hybridized carbons (Fsp3) is 1.00. The molecular weight excluding hydrogens is 592 g/mol. The van der Waals surface area contributed by atoms with Crippen LogP contribution in [0.2, 0.25) is 0 Å². The minimum Gasteiger partial charge on any atom is -0.393 e. The van der Waals surface area contributed by atoms with Crippen molar-refractivity contribution in [2.75, 3.05) is 0 Å². The molecule has 6 heteroatoms. The first-order valence-corrected chi connectivity index (χ1v) is 8.31. The third-order valence-corrected chi connectivity index (χ3v) is 6.13. The summed E-state index contributed by atoms with van der Waals surface area (Å²) in [6.07, 6.45) is 9.14. The molecule has 2 aliphatic carbocycles. The fourth-order valence-electron chi connectivity index (χ4n) is 5.06. The van der Waals surface area contributed by atoms with E-state index < -0.39 is 0 Å². The minimum absolute atomic E-state index is 0. The van der Waals surface area contributed by atoms with Gasteiger partial charge < -0.3 is 10.2 Å². The molecule has 0 spiro atoms. The van der Waals surface area contributed by atoms with Crippen molar-refractivity contribution in [3.05, 3.63) is 0 Å². The predicted molar refractivity (Wildman–Crippen MR) is 78.9 cm³/mol. The van der Waals surface area contributed by atoms with Crippen molar-refractivity contribution >= 4 is 0 Å².